The first-order chi connectivity index (χ1) is 9.79. The Bertz CT molecular complexity index is 522. The Morgan fingerprint density at radius 2 is 1.95 bits per heavy atom. The van der Waals surface area contributed by atoms with Crippen LogP contribution in [-0.2, 0) is 11.3 Å². The molecular formula is C15H16ClNO3. The lowest BCUT2D eigenvalue weighted by molar-refractivity contribution is 0.0132. The van der Waals surface area contributed by atoms with Gasteiger partial charge in [0.25, 0.3) is 0 Å². The van der Waals surface area contributed by atoms with Gasteiger partial charge in [0.2, 0.25) is 0 Å². The Morgan fingerprint density at radius 1 is 1.15 bits per heavy atom. The number of benzene rings is 1. The standard InChI is InChI=1S/C15H16ClNO3/c16-15-14(7-4-8-17-15)20-13(9-18)11-19-10-12-5-2-1-3-6-12/h1-8,13,18H,9-11H2/t13-/m0/s1. The largest absolute Gasteiger partial charge is 0.482 e. The van der Waals surface area contributed by atoms with Gasteiger partial charge in [0.05, 0.1) is 19.8 Å². The van der Waals surface area contributed by atoms with Crippen LogP contribution in [0.1, 0.15) is 5.56 Å². The number of nitrogens with zero attached hydrogens (tertiary/aromatic N) is 1. The quantitative estimate of drug-likeness (QED) is 0.798. The molecule has 0 unspecified atom stereocenters. The van der Waals surface area contributed by atoms with Gasteiger partial charge in [-0.25, -0.2) is 4.98 Å². The zero-order valence-corrected chi connectivity index (χ0v) is 11.7. The number of halogens is 1. The summed E-state index contributed by atoms with van der Waals surface area (Å²) in [5, 5.41) is 9.58. The predicted molar refractivity (Wildman–Crippen MR) is 76.8 cm³/mol. The van der Waals surface area contributed by atoms with Crippen LogP contribution < -0.4 is 4.74 Å². The maximum Gasteiger partial charge on any atom is 0.171 e. The van der Waals surface area contributed by atoms with E-state index in [1.54, 1.807) is 18.3 Å². The van der Waals surface area contributed by atoms with E-state index in [9.17, 15) is 5.11 Å². The molecule has 106 valence electrons. The van der Waals surface area contributed by atoms with Crippen LogP contribution in [-0.4, -0.2) is 29.4 Å². The first-order valence-corrected chi connectivity index (χ1v) is 6.67. The maximum absolute atomic E-state index is 9.31. The van der Waals surface area contributed by atoms with Crippen LogP contribution in [0.2, 0.25) is 5.15 Å². The average Bonchev–Trinajstić information content (AvgIpc) is 2.49. The topological polar surface area (TPSA) is 51.6 Å². The lowest BCUT2D eigenvalue weighted by Crippen LogP contribution is -2.27. The second-order valence-corrected chi connectivity index (χ2v) is 4.57. The SMILES string of the molecule is OC[C@@H](COCc1ccccc1)Oc1cccnc1Cl. The minimum atomic E-state index is -0.472. The minimum Gasteiger partial charge on any atom is -0.482 e. The average molecular weight is 294 g/mol. The molecule has 1 aromatic carbocycles. The molecule has 1 atom stereocenters. The van der Waals surface area contributed by atoms with Crippen LogP contribution in [0.25, 0.3) is 0 Å². The summed E-state index contributed by atoms with van der Waals surface area (Å²) in [4.78, 5) is 3.91. The zero-order valence-electron chi connectivity index (χ0n) is 10.9. The van der Waals surface area contributed by atoms with Crippen molar-refractivity contribution < 1.29 is 14.6 Å². The monoisotopic (exact) mass is 293 g/mol. The third kappa shape index (κ3) is 4.49. The van der Waals surface area contributed by atoms with Crippen LogP contribution in [0, 0.1) is 0 Å². The molecule has 0 spiro atoms. The van der Waals surface area contributed by atoms with Crippen molar-refractivity contribution in [3.8, 4) is 5.75 Å². The zero-order chi connectivity index (χ0) is 14.2. The molecule has 2 rings (SSSR count). The van der Waals surface area contributed by atoms with Crippen molar-refractivity contribution in [2.75, 3.05) is 13.2 Å². The van der Waals surface area contributed by atoms with Gasteiger partial charge in [0.1, 0.15) is 6.10 Å². The highest BCUT2D eigenvalue weighted by molar-refractivity contribution is 6.30. The Balaban J connectivity index is 1.82. The van der Waals surface area contributed by atoms with E-state index < -0.39 is 6.10 Å². The van der Waals surface area contributed by atoms with Crippen molar-refractivity contribution in [1.82, 2.24) is 4.98 Å². The van der Waals surface area contributed by atoms with E-state index in [0.29, 0.717) is 12.4 Å². The van der Waals surface area contributed by atoms with Gasteiger partial charge in [0, 0.05) is 6.20 Å². The van der Waals surface area contributed by atoms with Gasteiger partial charge in [-0.05, 0) is 17.7 Å². The van der Waals surface area contributed by atoms with E-state index in [4.69, 9.17) is 21.1 Å². The van der Waals surface area contributed by atoms with E-state index in [0.717, 1.165) is 5.56 Å². The molecule has 0 aliphatic carbocycles. The van der Waals surface area contributed by atoms with Crippen LogP contribution in [0.5, 0.6) is 5.75 Å². The second-order valence-electron chi connectivity index (χ2n) is 4.22. The van der Waals surface area contributed by atoms with Gasteiger partial charge in [-0.15, -0.1) is 0 Å². The molecule has 0 saturated heterocycles. The Hall–Kier alpha value is -1.62. The minimum absolute atomic E-state index is 0.153. The number of aliphatic hydroxyl groups excluding tert-OH is 1. The molecule has 1 aromatic heterocycles. The number of pyridine rings is 1. The molecule has 0 aliphatic heterocycles. The summed E-state index contributed by atoms with van der Waals surface area (Å²) >= 11 is 5.90. The van der Waals surface area contributed by atoms with E-state index in [2.05, 4.69) is 4.98 Å². The van der Waals surface area contributed by atoms with Gasteiger partial charge in [0.15, 0.2) is 10.9 Å². The summed E-state index contributed by atoms with van der Waals surface area (Å²) in [6.07, 6.45) is 1.11. The molecule has 1 N–H and O–H groups in total. The number of aromatic nitrogens is 1. The third-order valence-electron chi connectivity index (χ3n) is 2.64. The summed E-state index contributed by atoms with van der Waals surface area (Å²) in [5.74, 6) is 0.441. The number of hydrogen-bond acceptors (Lipinski definition) is 4. The van der Waals surface area contributed by atoms with Crippen molar-refractivity contribution in [1.29, 1.82) is 0 Å². The number of ether oxygens (including phenoxy) is 2. The fourth-order valence-corrected chi connectivity index (χ4v) is 1.81. The second kappa shape index (κ2) is 7.85. The van der Waals surface area contributed by atoms with Gasteiger partial charge in [-0.2, -0.15) is 0 Å². The van der Waals surface area contributed by atoms with E-state index in [1.807, 2.05) is 30.3 Å². The van der Waals surface area contributed by atoms with E-state index in [-0.39, 0.29) is 18.4 Å². The molecule has 5 heteroatoms. The van der Waals surface area contributed by atoms with E-state index in [1.165, 1.54) is 0 Å². The molecule has 0 fully saturated rings. The fourth-order valence-electron chi connectivity index (χ4n) is 1.65. The van der Waals surface area contributed by atoms with Gasteiger partial charge >= 0.3 is 0 Å². The number of aliphatic hydroxyl groups is 1. The fraction of sp³-hybridized carbons (Fsp3) is 0.267. The molecule has 0 aliphatic rings. The van der Waals surface area contributed by atoms with Gasteiger partial charge in [-0.1, -0.05) is 41.9 Å². The van der Waals surface area contributed by atoms with E-state index >= 15 is 0 Å². The smallest absolute Gasteiger partial charge is 0.171 e. The van der Waals surface area contributed by atoms with Crippen molar-refractivity contribution >= 4 is 11.6 Å². The normalized spacial score (nSPS) is 12.1. The Kier molecular flexibility index (Phi) is 5.80. The lowest BCUT2D eigenvalue weighted by atomic mass is 10.2. The highest BCUT2D eigenvalue weighted by Crippen LogP contribution is 2.21. The molecule has 1 heterocycles. The Labute approximate surface area is 122 Å². The molecular weight excluding hydrogens is 278 g/mol. The summed E-state index contributed by atoms with van der Waals surface area (Å²) < 4.78 is 11.1. The molecule has 0 radical (unpaired) electrons. The number of hydrogen-bond donors (Lipinski definition) is 1. The summed E-state index contributed by atoms with van der Waals surface area (Å²) in [5.41, 5.74) is 1.07. The number of rotatable bonds is 7. The molecule has 0 amide bonds. The van der Waals surface area contributed by atoms with Crippen molar-refractivity contribution in [3.05, 3.63) is 59.4 Å². The summed E-state index contributed by atoms with van der Waals surface area (Å²) in [7, 11) is 0. The Morgan fingerprint density at radius 3 is 2.65 bits per heavy atom. The predicted octanol–water partition coefficient (Wildman–Crippen LogP) is 2.69. The van der Waals surface area contributed by atoms with Gasteiger partial charge in [-0.3, -0.25) is 0 Å². The third-order valence-corrected chi connectivity index (χ3v) is 2.92. The van der Waals surface area contributed by atoms with Crippen LogP contribution in [0.4, 0.5) is 0 Å². The van der Waals surface area contributed by atoms with Crippen molar-refractivity contribution in [3.63, 3.8) is 0 Å². The van der Waals surface area contributed by atoms with Crippen molar-refractivity contribution in [2.45, 2.75) is 12.7 Å². The highest BCUT2D eigenvalue weighted by Gasteiger charge is 2.12. The lowest BCUT2D eigenvalue weighted by Gasteiger charge is -2.17. The molecule has 20 heavy (non-hydrogen) atoms. The molecule has 0 bridgehead atoms. The van der Waals surface area contributed by atoms with Crippen LogP contribution in [0.15, 0.2) is 48.7 Å². The molecule has 2 aromatic rings. The molecule has 0 saturated carbocycles. The van der Waals surface area contributed by atoms with Crippen LogP contribution in [0.3, 0.4) is 0 Å². The maximum atomic E-state index is 9.31. The summed E-state index contributed by atoms with van der Waals surface area (Å²) in [6, 6.07) is 13.2. The van der Waals surface area contributed by atoms with Gasteiger partial charge < -0.3 is 14.6 Å². The first kappa shape index (κ1) is 14.8. The summed E-state index contributed by atoms with van der Waals surface area (Å²) in [6.45, 7) is 0.595. The van der Waals surface area contributed by atoms with Crippen LogP contribution >= 0.6 is 11.6 Å². The highest BCUT2D eigenvalue weighted by atomic mass is 35.5. The van der Waals surface area contributed by atoms with Crippen molar-refractivity contribution in [2.24, 2.45) is 0 Å². The first-order valence-electron chi connectivity index (χ1n) is 6.29. The molecule has 4 nitrogen and oxygen atoms in total.